The van der Waals surface area contributed by atoms with E-state index in [9.17, 15) is 10.1 Å². The maximum Gasteiger partial charge on any atom is 0.373 e. The van der Waals surface area contributed by atoms with Crippen LogP contribution in [0.2, 0.25) is 0 Å². The zero-order valence-electron chi connectivity index (χ0n) is 13.2. The van der Waals surface area contributed by atoms with Crippen LogP contribution in [0.3, 0.4) is 0 Å². The van der Waals surface area contributed by atoms with Crippen molar-refractivity contribution >= 4 is 17.2 Å². The number of nitro groups is 1. The number of fused-ring (bicyclic) bond motifs is 1. The lowest BCUT2D eigenvalue weighted by Gasteiger charge is -2.19. The monoisotopic (exact) mass is 332 g/mol. The van der Waals surface area contributed by atoms with Crippen molar-refractivity contribution in [3.05, 3.63) is 34.6 Å². The van der Waals surface area contributed by atoms with E-state index in [0.717, 1.165) is 0 Å². The lowest BCUT2D eigenvalue weighted by Crippen LogP contribution is -2.15. The quantitative estimate of drug-likeness (QED) is 0.657. The Kier molecular flexibility index (Phi) is 4.32. The number of anilines is 2. The average Bonchev–Trinajstić information content (AvgIpc) is 2.54. The predicted octanol–water partition coefficient (Wildman–Crippen LogP) is 2.69. The molecule has 0 atom stereocenters. The molecular formula is C15H16N4O5. The Hall–Kier alpha value is -3.10. The summed E-state index contributed by atoms with van der Waals surface area (Å²) in [6, 6.07) is 5.15. The fraction of sp³-hybridized carbons (Fsp3) is 0.333. The van der Waals surface area contributed by atoms with Crippen LogP contribution in [-0.2, 0) is 0 Å². The van der Waals surface area contributed by atoms with E-state index in [2.05, 4.69) is 15.3 Å². The molecule has 0 bridgehead atoms. The van der Waals surface area contributed by atoms with Crippen LogP contribution in [0.5, 0.6) is 17.4 Å². The van der Waals surface area contributed by atoms with Gasteiger partial charge in [0, 0.05) is 11.8 Å². The zero-order chi connectivity index (χ0) is 17.1. The summed E-state index contributed by atoms with van der Waals surface area (Å²) in [4.78, 5) is 18.6. The van der Waals surface area contributed by atoms with E-state index in [4.69, 9.17) is 14.2 Å². The molecule has 126 valence electrons. The Labute approximate surface area is 137 Å². The first-order valence-corrected chi connectivity index (χ1v) is 7.37. The van der Waals surface area contributed by atoms with E-state index in [1.165, 1.54) is 6.33 Å². The lowest BCUT2D eigenvalue weighted by molar-refractivity contribution is -0.385. The third kappa shape index (κ3) is 3.29. The van der Waals surface area contributed by atoms with Crippen LogP contribution in [0, 0.1) is 10.1 Å². The number of aromatic nitrogens is 2. The second-order valence-electron chi connectivity index (χ2n) is 5.28. The zero-order valence-corrected chi connectivity index (χ0v) is 13.2. The number of hydrogen-bond donors (Lipinski definition) is 1. The van der Waals surface area contributed by atoms with Crippen molar-refractivity contribution in [3.63, 3.8) is 0 Å². The second-order valence-corrected chi connectivity index (χ2v) is 5.28. The molecule has 0 unspecified atom stereocenters. The molecule has 1 aromatic heterocycles. The predicted molar refractivity (Wildman–Crippen MR) is 85.2 cm³/mol. The maximum atomic E-state index is 11.4. The lowest BCUT2D eigenvalue weighted by atomic mass is 10.2. The van der Waals surface area contributed by atoms with E-state index in [1.807, 2.05) is 0 Å². The summed E-state index contributed by atoms with van der Waals surface area (Å²) in [5.41, 5.74) is 0.262. The van der Waals surface area contributed by atoms with Crippen molar-refractivity contribution in [1.82, 2.24) is 9.97 Å². The molecule has 0 saturated heterocycles. The van der Waals surface area contributed by atoms with Gasteiger partial charge in [-0.3, -0.25) is 10.1 Å². The van der Waals surface area contributed by atoms with Crippen molar-refractivity contribution in [1.29, 1.82) is 0 Å². The molecule has 0 spiro atoms. The molecule has 1 N–H and O–H groups in total. The van der Waals surface area contributed by atoms with E-state index in [-0.39, 0.29) is 23.5 Å². The van der Waals surface area contributed by atoms with E-state index in [1.54, 1.807) is 32.0 Å². The van der Waals surface area contributed by atoms with Gasteiger partial charge in [-0.15, -0.1) is 0 Å². The molecule has 1 aliphatic heterocycles. The smallest absolute Gasteiger partial charge is 0.373 e. The minimum Gasteiger partial charge on any atom is -0.486 e. The number of nitrogens with one attached hydrogen (secondary N) is 1. The number of rotatable bonds is 5. The largest absolute Gasteiger partial charge is 0.486 e. The van der Waals surface area contributed by atoms with Crippen LogP contribution in [0.15, 0.2) is 24.5 Å². The molecule has 0 radical (unpaired) electrons. The van der Waals surface area contributed by atoms with Gasteiger partial charge in [0.25, 0.3) is 5.88 Å². The van der Waals surface area contributed by atoms with Gasteiger partial charge in [0.1, 0.15) is 19.5 Å². The molecule has 9 heteroatoms. The van der Waals surface area contributed by atoms with Crippen molar-refractivity contribution in [2.75, 3.05) is 18.5 Å². The van der Waals surface area contributed by atoms with Gasteiger partial charge < -0.3 is 19.5 Å². The number of nitrogens with zero attached hydrogens (tertiary/aromatic N) is 3. The molecule has 0 saturated carbocycles. The van der Waals surface area contributed by atoms with Crippen molar-refractivity contribution in [3.8, 4) is 17.4 Å². The molecule has 1 aromatic carbocycles. The van der Waals surface area contributed by atoms with E-state index >= 15 is 0 Å². The van der Waals surface area contributed by atoms with Crippen molar-refractivity contribution in [2.45, 2.75) is 20.0 Å². The Morgan fingerprint density at radius 3 is 2.71 bits per heavy atom. The third-order valence-corrected chi connectivity index (χ3v) is 3.12. The Balaban J connectivity index is 1.93. The average molecular weight is 332 g/mol. The van der Waals surface area contributed by atoms with Crippen LogP contribution in [0.1, 0.15) is 13.8 Å². The first kappa shape index (κ1) is 15.8. The van der Waals surface area contributed by atoms with E-state index < -0.39 is 4.92 Å². The third-order valence-electron chi connectivity index (χ3n) is 3.12. The van der Waals surface area contributed by atoms with Crippen LogP contribution < -0.4 is 19.5 Å². The number of hydrogen-bond acceptors (Lipinski definition) is 8. The molecule has 24 heavy (non-hydrogen) atoms. The summed E-state index contributed by atoms with van der Waals surface area (Å²) in [7, 11) is 0. The minimum atomic E-state index is -0.571. The summed E-state index contributed by atoms with van der Waals surface area (Å²) in [5, 5.41) is 14.3. The molecule has 1 aliphatic rings. The van der Waals surface area contributed by atoms with Crippen LogP contribution in [-0.4, -0.2) is 34.2 Å². The molecule has 2 aromatic rings. The Morgan fingerprint density at radius 2 is 2.00 bits per heavy atom. The summed E-state index contributed by atoms with van der Waals surface area (Å²) in [5.74, 6) is 1.17. The number of ether oxygens (including phenoxy) is 3. The summed E-state index contributed by atoms with van der Waals surface area (Å²) in [6.45, 7) is 4.48. The highest BCUT2D eigenvalue weighted by molar-refractivity contribution is 5.70. The summed E-state index contributed by atoms with van der Waals surface area (Å²) in [6.07, 6.45) is 0.964. The van der Waals surface area contributed by atoms with Crippen LogP contribution in [0.4, 0.5) is 17.2 Å². The van der Waals surface area contributed by atoms with Gasteiger partial charge in [0.05, 0.1) is 11.0 Å². The first-order valence-electron chi connectivity index (χ1n) is 7.37. The normalized spacial score (nSPS) is 12.8. The standard InChI is InChI=1S/C15H16N4O5/c1-9(2)24-15-13(19(20)21)14(16-8-17-15)18-10-3-4-11-12(7-10)23-6-5-22-11/h3-4,7-9H,5-6H2,1-2H3,(H,16,17,18). The Morgan fingerprint density at radius 1 is 1.25 bits per heavy atom. The van der Waals surface area contributed by atoms with Crippen molar-refractivity contribution in [2.24, 2.45) is 0 Å². The highest BCUT2D eigenvalue weighted by Crippen LogP contribution is 2.36. The topological polar surface area (TPSA) is 109 Å². The second kappa shape index (κ2) is 6.57. The Bertz CT molecular complexity index is 766. The fourth-order valence-electron chi connectivity index (χ4n) is 2.19. The summed E-state index contributed by atoms with van der Waals surface area (Å²) < 4.78 is 16.3. The molecule has 0 amide bonds. The molecule has 2 heterocycles. The van der Waals surface area contributed by atoms with Gasteiger partial charge in [-0.2, -0.15) is 4.98 Å². The summed E-state index contributed by atoms with van der Waals surface area (Å²) >= 11 is 0. The molecule has 9 nitrogen and oxygen atoms in total. The van der Waals surface area contributed by atoms with Gasteiger partial charge in [-0.25, -0.2) is 4.98 Å². The van der Waals surface area contributed by atoms with Gasteiger partial charge in [0.15, 0.2) is 11.5 Å². The molecule has 0 fully saturated rings. The fourth-order valence-corrected chi connectivity index (χ4v) is 2.19. The van der Waals surface area contributed by atoms with Gasteiger partial charge in [0.2, 0.25) is 5.82 Å². The van der Waals surface area contributed by atoms with Gasteiger partial charge in [-0.1, -0.05) is 0 Å². The van der Waals surface area contributed by atoms with E-state index in [0.29, 0.717) is 30.4 Å². The van der Waals surface area contributed by atoms with Crippen LogP contribution in [0.25, 0.3) is 0 Å². The van der Waals surface area contributed by atoms with Gasteiger partial charge >= 0.3 is 5.69 Å². The molecular weight excluding hydrogens is 316 g/mol. The highest BCUT2D eigenvalue weighted by atomic mass is 16.6. The first-order chi connectivity index (χ1) is 11.5. The maximum absolute atomic E-state index is 11.4. The SMILES string of the molecule is CC(C)Oc1ncnc(Nc2ccc3c(c2)OCCO3)c1[N+](=O)[O-]. The minimum absolute atomic E-state index is 0.0438. The molecule has 0 aliphatic carbocycles. The molecule has 3 rings (SSSR count). The number of benzene rings is 1. The highest BCUT2D eigenvalue weighted by Gasteiger charge is 2.25. The van der Waals surface area contributed by atoms with Gasteiger partial charge in [-0.05, 0) is 26.0 Å². The van der Waals surface area contributed by atoms with Crippen molar-refractivity contribution < 1.29 is 19.1 Å². The van der Waals surface area contributed by atoms with Crippen LogP contribution >= 0.6 is 0 Å².